The summed E-state index contributed by atoms with van der Waals surface area (Å²) in [6.45, 7) is -0.0154. The number of nitrogens with zero attached hydrogens (tertiary/aromatic N) is 2. The molecule has 0 bridgehead atoms. The van der Waals surface area contributed by atoms with E-state index in [4.69, 9.17) is 11.6 Å². The van der Waals surface area contributed by atoms with Gasteiger partial charge in [-0.3, -0.25) is 14.5 Å². The lowest BCUT2D eigenvalue weighted by Crippen LogP contribution is -2.54. The zero-order chi connectivity index (χ0) is 20.5. The first-order valence-corrected chi connectivity index (χ1v) is 8.43. The molecule has 2 aromatic rings. The molecule has 10 heteroatoms. The predicted molar refractivity (Wildman–Crippen MR) is 92.3 cm³/mol. The van der Waals surface area contributed by atoms with Crippen molar-refractivity contribution in [2.75, 3.05) is 18.0 Å². The normalized spacial score (nSPS) is 15.2. The first-order chi connectivity index (χ1) is 13.2. The van der Waals surface area contributed by atoms with E-state index in [1.54, 1.807) is 0 Å². The molecule has 0 spiro atoms. The molecule has 0 aromatic heterocycles. The molecular weight excluding hydrogens is 404 g/mol. The van der Waals surface area contributed by atoms with Crippen LogP contribution in [-0.4, -0.2) is 36.2 Å². The number of piperazine rings is 1. The first-order valence-electron chi connectivity index (χ1n) is 8.05. The zero-order valence-corrected chi connectivity index (χ0v) is 14.9. The molecule has 0 radical (unpaired) electrons. The van der Waals surface area contributed by atoms with Gasteiger partial charge in [-0.25, -0.2) is 4.39 Å². The fourth-order valence-corrected chi connectivity index (χ4v) is 3.03. The molecule has 3 rings (SSSR count). The summed E-state index contributed by atoms with van der Waals surface area (Å²) >= 11 is 5.94. The van der Waals surface area contributed by atoms with Crippen molar-refractivity contribution in [3.05, 3.63) is 58.9 Å². The Bertz CT molecular complexity index is 920. The van der Waals surface area contributed by atoms with Crippen molar-refractivity contribution >= 4 is 29.1 Å². The predicted octanol–water partition coefficient (Wildman–Crippen LogP) is 3.75. The van der Waals surface area contributed by atoms with Gasteiger partial charge in [-0.05, 0) is 29.8 Å². The number of hydrogen-bond donors (Lipinski definition) is 0. The van der Waals surface area contributed by atoms with Crippen LogP contribution >= 0.6 is 11.6 Å². The summed E-state index contributed by atoms with van der Waals surface area (Å²) in [5.41, 5.74) is 0.288. The van der Waals surface area contributed by atoms with E-state index >= 15 is 0 Å². The lowest BCUT2D eigenvalue weighted by molar-refractivity contribution is -0.274. The molecule has 28 heavy (non-hydrogen) atoms. The summed E-state index contributed by atoms with van der Waals surface area (Å²) in [5, 5.41) is 0.103. The van der Waals surface area contributed by atoms with E-state index in [-0.39, 0.29) is 30.3 Å². The number of alkyl halides is 3. The molecule has 1 aliphatic rings. The van der Waals surface area contributed by atoms with Gasteiger partial charge < -0.3 is 9.64 Å². The Balaban J connectivity index is 1.79. The lowest BCUT2D eigenvalue weighted by Gasteiger charge is -2.34. The average molecular weight is 417 g/mol. The van der Waals surface area contributed by atoms with E-state index in [0.29, 0.717) is 5.56 Å². The van der Waals surface area contributed by atoms with Gasteiger partial charge in [-0.1, -0.05) is 29.8 Å². The number of hydrogen-bond acceptors (Lipinski definition) is 3. The van der Waals surface area contributed by atoms with Crippen LogP contribution in [0, 0.1) is 5.82 Å². The molecule has 1 fully saturated rings. The minimum atomic E-state index is -4.94. The van der Waals surface area contributed by atoms with Crippen molar-refractivity contribution in [3.8, 4) is 5.75 Å². The quantitative estimate of drug-likeness (QED) is 0.563. The summed E-state index contributed by atoms with van der Waals surface area (Å²) in [4.78, 5) is 27.1. The summed E-state index contributed by atoms with van der Waals surface area (Å²) in [6, 6.07) is 8.74. The van der Waals surface area contributed by atoms with Gasteiger partial charge in [0.15, 0.2) is 5.75 Å². The van der Waals surface area contributed by atoms with E-state index < -0.39 is 29.7 Å². The molecule has 1 saturated heterocycles. The molecule has 1 aliphatic heterocycles. The highest BCUT2D eigenvalue weighted by atomic mass is 35.5. The third-order valence-electron chi connectivity index (χ3n) is 4.07. The zero-order valence-electron chi connectivity index (χ0n) is 14.2. The second-order valence-electron chi connectivity index (χ2n) is 5.93. The number of ether oxygens (including phenoxy) is 1. The molecular formula is C18H13ClF4N2O3. The lowest BCUT2D eigenvalue weighted by atomic mass is 10.1. The van der Waals surface area contributed by atoms with Crippen LogP contribution in [0.15, 0.2) is 42.5 Å². The summed E-state index contributed by atoms with van der Waals surface area (Å²) in [6.07, 6.45) is -4.94. The van der Waals surface area contributed by atoms with E-state index in [9.17, 15) is 27.2 Å². The Labute approximate surface area is 162 Å². The van der Waals surface area contributed by atoms with Crippen LogP contribution in [0.5, 0.6) is 5.75 Å². The number of rotatable bonds is 4. The van der Waals surface area contributed by atoms with Crippen molar-refractivity contribution < 1.29 is 31.9 Å². The minimum absolute atomic E-state index is 0.0295. The Morgan fingerprint density at radius 2 is 1.75 bits per heavy atom. The number of para-hydroxylation sites is 2. The van der Waals surface area contributed by atoms with Gasteiger partial charge in [0.25, 0.3) is 0 Å². The standard InChI is InChI=1S/C18H13ClF4N2O3/c19-13-9-12(20)6-5-11(13)10-24-7-8-25(17(27)16(24)26)14-3-1-2-4-15(14)28-18(21,22)23/h1-6,9H,7-8,10H2. The van der Waals surface area contributed by atoms with Gasteiger partial charge in [0.2, 0.25) is 0 Å². The molecule has 5 nitrogen and oxygen atoms in total. The number of halogens is 5. The van der Waals surface area contributed by atoms with Gasteiger partial charge in [-0.15, -0.1) is 13.2 Å². The van der Waals surface area contributed by atoms with Crippen molar-refractivity contribution in [3.63, 3.8) is 0 Å². The number of amides is 2. The van der Waals surface area contributed by atoms with E-state index in [2.05, 4.69) is 4.74 Å². The molecule has 1 heterocycles. The Hall–Kier alpha value is -2.81. The molecule has 0 aliphatic carbocycles. The van der Waals surface area contributed by atoms with Crippen LogP contribution < -0.4 is 9.64 Å². The minimum Gasteiger partial charge on any atom is -0.404 e. The maximum absolute atomic E-state index is 13.1. The molecule has 2 amide bonds. The topological polar surface area (TPSA) is 49.9 Å². The summed E-state index contributed by atoms with van der Waals surface area (Å²) in [5.74, 6) is -3.02. The Morgan fingerprint density at radius 3 is 2.43 bits per heavy atom. The number of anilines is 1. The first kappa shape index (κ1) is 19.9. The fraction of sp³-hybridized carbons (Fsp3) is 0.222. The largest absolute Gasteiger partial charge is 0.573 e. The molecule has 0 unspecified atom stereocenters. The van der Waals surface area contributed by atoms with Crippen LogP contribution in [0.3, 0.4) is 0 Å². The van der Waals surface area contributed by atoms with E-state index in [1.807, 2.05) is 0 Å². The molecule has 0 N–H and O–H groups in total. The smallest absolute Gasteiger partial charge is 0.404 e. The van der Waals surface area contributed by atoms with Crippen LogP contribution in [-0.2, 0) is 16.1 Å². The van der Waals surface area contributed by atoms with Gasteiger partial charge in [0, 0.05) is 24.7 Å². The van der Waals surface area contributed by atoms with E-state index in [1.165, 1.54) is 35.2 Å². The van der Waals surface area contributed by atoms with Crippen LogP contribution in [0.25, 0.3) is 0 Å². The van der Waals surface area contributed by atoms with Gasteiger partial charge in [0.1, 0.15) is 5.82 Å². The van der Waals surface area contributed by atoms with Crippen LogP contribution in [0.2, 0.25) is 5.02 Å². The highest BCUT2D eigenvalue weighted by Crippen LogP contribution is 2.34. The third kappa shape index (κ3) is 4.36. The Morgan fingerprint density at radius 1 is 1.04 bits per heavy atom. The monoisotopic (exact) mass is 416 g/mol. The molecule has 148 valence electrons. The maximum Gasteiger partial charge on any atom is 0.573 e. The number of carbonyl (C=O) groups excluding carboxylic acids is 2. The maximum atomic E-state index is 13.1. The van der Waals surface area contributed by atoms with E-state index in [0.717, 1.165) is 17.0 Å². The SMILES string of the molecule is O=C1C(=O)N(c2ccccc2OC(F)(F)F)CCN1Cc1ccc(F)cc1Cl. The Kier molecular flexibility index (Phi) is 5.46. The van der Waals surface area contributed by atoms with Crippen LogP contribution in [0.1, 0.15) is 5.56 Å². The van der Waals surface area contributed by atoms with Crippen molar-refractivity contribution in [2.45, 2.75) is 12.9 Å². The average Bonchev–Trinajstić information content (AvgIpc) is 2.61. The molecule has 0 saturated carbocycles. The van der Waals surface area contributed by atoms with Gasteiger partial charge in [-0.2, -0.15) is 0 Å². The highest BCUT2D eigenvalue weighted by Gasteiger charge is 2.37. The summed E-state index contributed by atoms with van der Waals surface area (Å²) < 4.78 is 54.9. The number of carbonyl (C=O) groups is 2. The molecule has 2 aromatic carbocycles. The van der Waals surface area contributed by atoms with Crippen molar-refractivity contribution in [2.24, 2.45) is 0 Å². The van der Waals surface area contributed by atoms with Crippen molar-refractivity contribution in [1.29, 1.82) is 0 Å². The fourth-order valence-electron chi connectivity index (χ4n) is 2.80. The summed E-state index contributed by atoms with van der Waals surface area (Å²) in [7, 11) is 0. The molecule has 0 atom stereocenters. The van der Waals surface area contributed by atoms with Gasteiger partial charge >= 0.3 is 18.2 Å². The highest BCUT2D eigenvalue weighted by molar-refractivity contribution is 6.41. The van der Waals surface area contributed by atoms with Gasteiger partial charge in [0.05, 0.1) is 5.69 Å². The van der Waals surface area contributed by atoms with Crippen LogP contribution in [0.4, 0.5) is 23.2 Å². The number of benzene rings is 2. The second kappa shape index (κ2) is 7.67. The second-order valence-corrected chi connectivity index (χ2v) is 6.34. The third-order valence-corrected chi connectivity index (χ3v) is 4.42. The van der Waals surface area contributed by atoms with Crippen molar-refractivity contribution in [1.82, 2.24) is 4.90 Å².